The number of nitrogens with zero attached hydrogens (tertiary/aromatic N) is 2. The topological polar surface area (TPSA) is 110 Å². The van der Waals surface area contributed by atoms with Gasteiger partial charge in [-0.1, -0.05) is 53.3 Å². The minimum atomic E-state index is -0.541. The van der Waals surface area contributed by atoms with Crippen molar-refractivity contribution in [2.45, 2.75) is 31.0 Å². The van der Waals surface area contributed by atoms with E-state index in [1.165, 1.54) is 27.8 Å². The third kappa shape index (κ3) is 8.18. The molecule has 0 fully saturated rings. The van der Waals surface area contributed by atoms with Crippen molar-refractivity contribution < 1.29 is 28.2 Å². The van der Waals surface area contributed by atoms with Gasteiger partial charge >= 0.3 is 12.2 Å². The molecule has 0 saturated heterocycles. The van der Waals surface area contributed by atoms with Crippen molar-refractivity contribution in [1.29, 1.82) is 0 Å². The number of nitrogens with one attached hydrogen (secondary N) is 2. The Labute approximate surface area is 285 Å². The van der Waals surface area contributed by atoms with Crippen LogP contribution in [0.1, 0.15) is 44.6 Å². The molecule has 3 aromatic carbocycles. The summed E-state index contributed by atoms with van der Waals surface area (Å²) in [6.07, 6.45) is 1.98. The van der Waals surface area contributed by atoms with Gasteiger partial charge in [0.2, 0.25) is 0 Å². The molecule has 0 bridgehead atoms. The first-order chi connectivity index (χ1) is 23.3. The van der Waals surface area contributed by atoms with Gasteiger partial charge in [0.15, 0.2) is 0 Å². The molecule has 0 atom stereocenters. The van der Waals surface area contributed by atoms with Gasteiger partial charge in [-0.25, -0.2) is 19.0 Å². The van der Waals surface area contributed by atoms with E-state index < -0.39 is 18.0 Å². The van der Waals surface area contributed by atoms with Crippen molar-refractivity contribution >= 4 is 56.5 Å². The summed E-state index contributed by atoms with van der Waals surface area (Å²) in [7, 11) is 4.76. The summed E-state index contributed by atoms with van der Waals surface area (Å²) in [6.45, 7) is 1.20. The molecule has 9 nitrogen and oxygen atoms in total. The number of allylic oxidation sites excluding steroid dienone is 1. The molecule has 4 aromatic rings. The first-order valence-electron chi connectivity index (χ1n) is 15.4. The zero-order valence-electron chi connectivity index (χ0n) is 26.2. The van der Waals surface area contributed by atoms with E-state index in [4.69, 9.17) is 9.47 Å². The summed E-state index contributed by atoms with van der Waals surface area (Å²) in [5.41, 5.74) is 7.55. The summed E-state index contributed by atoms with van der Waals surface area (Å²) >= 11 is 0. The molecule has 2 aliphatic rings. The van der Waals surface area contributed by atoms with Gasteiger partial charge in [-0.15, -0.1) is 0 Å². The lowest BCUT2D eigenvalue weighted by molar-refractivity contribution is 0.0954. The van der Waals surface area contributed by atoms with Crippen LogP contribution in [0, 0.1) is 5.82 Å². The Morgan fingerprint density at radius 1 is 1.00 bits per heavy atom. The van der Waals surface area contributed by atoms with E-state index in [9.17, 15) is 18.8 Å². The average molecular weight is 685 g/mol. The maximum absolute atomic E-state index is 14.3. The van der Waals surface area contributed by atoms with Crippen LogP contribution in [0.3, 0.4) is 0 Å². The molecular formula is C36H33FN4O5S2. The van der Waals surface area contributed by atoms with E-state index in [0.29, 0.717) is 42.9 Å². The second-order valence-electron chi connectivity index (χ2n) is 11.3. The van der Waals surface area contributed by atoms with E-state index in [1.807, 2.05) is 42.5 Å². The summed E-state index contributed by atoms with van der Waals surface area (Å²) in [4.78, 5) is 43.1. The largest absolute Gasteiger partial charge is 0.448 e. The van der Waals surface area contributed by atoms with Gasteiger partial charge in [0.05, 0.1) is 5.56 Å². The Morgan fingerprint density at radius 3 is 2.56 bits per heavy atom. The van der Waals surface area contributed by atoms with E-state index in [-0.39, 0.29) is 19.1 Å². The first-order valence-corrected chi connectivity index (χ1v) is 17.7. The van der Waals surface area contributed by atoms with Crippen LogP contribution in [0.15, 0.2) is 90.1 Å². The first kappa shape index (κ1) is 33.1. The molecule has 246 valence electrons. The zero-order chi connectivity index (χ0) is 33.5. The van der Waals surface area contributed by atoms with Crippen LogP contribution >= 0.6 is 21.6 Å². The van der Waals surface area contributed by atoms with E-state index in [0.717, 1.165) is 44.0 Å². The number of aromatic nitrogens is 1. The van der Waals surface area contributed by atoms with E-state index >= 15 is 0 Å². The Kier molecular flexibility index (Phi) is 10.6. The van der Waals surface area contributed by atoms with Crippen LogP contribution in [0.5, 0.6) is 0 Å². The lowest BCUT2D eigenvalue weighted by Crippen LogP contribution is -2.26. The van der Waals surface area contributed by atoms with Crippen LogP contribution in [-0.4, -0.2) is 53.9 Å². The van der Waals surface area contributed by atoms with Crippen molar-refractivity contribution in [2.75, 3.05) is 31.3 Å². The standard InChI is InChI=1S/C36H33FN4O5S2/c1-41(21-23-5-9-25(10-6-23)30-19-26-18-27(37)20-31-33(26)29(30)13-15-39-34(31)42)36(44)46-22-24-7-11-28(12-8-24)40-35(43)45-16-17-47-48-32-4-2-3-14-38-32/h2-12,14,18,20H,13,15-17,19,21-22H2,1H3,(H,39,42)(H,40,43). The minimum absolute atomic E-state index is 0.0788. The third-order valence-electron chi connectivity index (χ3n) is 7.90. The zero-order valence-corrected chi connectivity index (χ0v) is 27.8. The molecule has 6 rings (SSSR count). The van der Waals surface area contributed by atoms with Crippen LogP contribution in [0.2, 0.25) is 0 Å². The number of pyridine rings is 1. The maximum Gasteiger partial charge on any atom is 0.411 e. The fraction of sp³-hybridized carbons (Fsp3) is 0.222. The average Bonchev–Trinajstić information content (AvgIpc) is 3.36. The normalized spacial score (nSPS) is 13.3. The van der Waals surface area contributed by atoms with Gasteiger partial charge in [0, 0.05) is 37.8 Å². The summed E-state index contributed by atoms with van der Waals surface area (Å²) in [5.74, 6) is -0.0210. The number of hydrogen-bond acceptors (Lipinski definition) is 8. The van der Waals surface area contributed by atoms with Crippen LogP contribution in [0.25, 0.3) is 11.1 Å². The SMILES string of the molecule is CN(Cc1ccc(C2=C3CCNC(=O)c4cc(F)cc(c43)C2)cc1)C(=O)OCc1ccc(NC(=O)OCCSSc2ccccn2)cc1. The lowest BCUT2D eigenvalue weighted by Gasteiger charge is -2.17. The smallest absolute Gasteiger partial charge is 0.411 e. The number of amides is 3. The summed E-state index contributed by atoms with van der Waals surface area (Å²) < 4.78 is 25.0. The highest BCUT2D eigenvalue weighted by Crippen LogP contribution is 2.43. The van der Waals surface area contributed by atoms with E-state index in [2.05, 4.69) is 15.6 Å². The van der Waals surface area contributed by atoms with Gasteiger partial charge in [-0.3, -0.25) is 10.1 Å². The Balaban J connectivity index is 0.945. The van der Waals surface area contributed by atoms with Crippen molar-refractivity contribution in [3.05, 3.63) is 124 Å². The van der Waals surface area contributed by atoms with Crippen molar-refractivity contribution in [2.24, 2.45) is 0 Å². The number of carbonyl (C=O) groups is 3. The number of benzene rings is 3. The van der Waals surface area contributed by atoms with Crippen molar-refractivity contribution in [3.8, 4) is 0 Å². The number of halogens is 1. The monoisotopic (exact) mass is 684 g/mol. The lowest BCUT2D eigenvalue weighted by atomic mass is 9.95. The van der Waals surface area contributed by atoms with Gasteiger partial charge in [0.1, 0.15) is 24.1 Å². The molecule has 48 heavy (non-hydrogen) atoms. The quantitative estimate of drug-likeness (QED) is 0.123. The maximum atomic E-state index is 14.3. The number of anilines is 1. The molecule has 12 heteroatoms. The molecule has 3 amide bonds. The Hall–Kier alpha value is -4.81. The number of ether oxygens (including phenoxy) is 2. The molecule has 0 unspecified atom stereocenters. The van der Waals surface area contributed by atoms with Crippen molar-refractivity contribution in [3.63, 3.8) is 0 Å². The van der Waals surface area contributed by atoms with E-state index in [1.54, 1.807) is 48.3 Å². The highest BCUT2D eigenvalue weighted by atomic mass is 33.1. The number of carbonyl (C=O) groups excluding carboxylic acids is 3. The fourth-order valence-electron chi connectivity index (χ4n) is 5.64. The minimum Gasteiger partial charge on any atom is -0.448 e. The predicted octanol–water partition coefficient (Wildman–Crippen LogP) is 7.58. The predicted molar refractivity (Wildman–Crippen MR) is 186 cm³/mol. The molecule has 0 spiro atoms. The molecule has 2 heterocycles. The highest BCUT2D eigenvalue weighted by Gasteiger charge is 2.30. The molecule has 1 aliphatic heterocycles. The molecule has 0 saturated carbocycles. The summed E-state index contributed by atoms with van der Waals surface area (Å²) in [5, 5.41) is 6.46. The Bertz CT molecular complexity index is 1840. The third-order valence-corrected chi connectivity index (χ3v) is 10.1. The second-order valence-corrected chi connectivity index (χ2v) is 13.7. The van der Waals surface area contributed by atoms with Crippen LogP contribution in [0.4, 0.5) is 19.7 Å². The Morgan fingerprint density at radius 2 is 1.79 bits per heavy atom. The highest BCUT2D eigenvalue weighted by molar-refractivity contribution is 8.76. The van der Waals surface area contributed by atoms with Gasteiger partial charge in [0.25, 0.3) is 5.91 Å². The fourth-order valence-corrected chi connectivity index (χ4v) is 7.35. The second kappa shape index (κ2) is 15.4. The molecule has 1 aliphatic carbocycles. The summed E-state index contributed by atoms with van der Waals surface area (Å²) in [6, 6.07) is 23.5. The van der Waals surface area contributed by atoms with Crippen LogP contribution in [-0.2, 0) is 29.0 Å². The molecular weight excluding hydrogens is 652 g/mol. The number of rotatable bonds is 11. The van der Waals surface area contributed by atoms with Gasteiger partial charge < -0.3 is 19.7 Å². The van der Waals surface area contributed by atoms with Gasteiger partial charge in [-0.05, 0) is 99.0 Å². The van der Waals surface area contributed by atoms with Crippen molar-refractivity contribution in [1.82, 2.24) is 15.2 Å². The molecule has 2 N–H and O–H groups in total. The van der Waals surface area contributed by atoms with Crippen LogP contribution < -0.4 is 10.6 Å². The van der Waals surface area contributed by atoms with Gasteiger partial charge in [-0.2, -0.15) is 0 Å². The number of hydrogen-bond donors (Lipinski definition) is 2. The molecule has 1 aromatic heterocycles. The molecule has 0 radical (unpaired) electrons.